The van der Waals surface area contributed by atoms with Crippen LogP contribution in [0.2, 0.25) is 5.02 Å². The number of halogens is 1. The number of carboxylic acid groups (broad SMARTS) is 1. The number of aromatic carboxylic acids is 1. The van der Waals surface area contributed by atoms with E-state index in [1.54, 1.807) is 6.08 Å². The molecule has 18 heavy (non-hydrogen) atoms. The summed E-state index contributed by atoms with van der Waals surface area (Å²) >= 11 is 6.02. The van der Waals surface area contributed by atoms with Gasteiger partial charge in [0.25, 0.3) is 0 Å². The Balaban J connectivity index is 2.38. The van der Waals surface area contributed by atoms with Crippen LogP contribution in [0.4, 0.5) is 5.69 Å². The first kappa shape index (κ1) is 12.6. The van der Waals surface area contributed by atoms with Crippen molar-refractivity contribution < 1.29 is 14.7 Å². The van der Waals surface area contributed by atoms with Crippen molar-refractivity contribution in [2.75, 3.05) is 11.4 Å². The molecule has 1 aromatic carbocycles. The molecule has 0 bridgehead atoms. The highest BCUT2D eigenvalue weighted by Gasteiger charge is 2.30. The van der Waals surface area contributed by atoms with Crippen molar-refractivity contribution in [2.45, 2.75) is 6.42 Å². The number of hydrogen-bond donors (Lipinski definition) is 1. The lowest BCUT2D eigenvalue weighted by atomic mass is 10.1. The minimum Gasteiger partial charge on any atom is -0.478 e. The number of carbonyl (C=O) groups is 2. The summed E-state index contributed by atoms with van der Waals surface area (Å²) in [5.74, 6) is -1.02. The topological polar surface area (TPSA) is 57.6 Å². The third-order valence-corrected chi connectivity index (χ3v) is 3.29. The molecule has 5 heteroatoms. The number of carboxylic acids is 1. The first-order chi connectivity index (χ1) is 8.52. The van der Waals surface area contributed by atoms with E-state index in [-0.39, 0.29) is 17.4 Å². The van der Waals surface area contributed by atoms with Gasteiger partial charge in [0.15, 0.2) is 0 Å². The highest BCUT2D eigenvalue weighted by molar-refractivity contribution is 6.34. The molecule has 0 saturated carbocycles. The van der Waals surface area contributed by atoms with E-state index in [1.807, 2.05) is 0 Å². The summed E-state index contributed by atoms with van der Waals surface area (Å²) in [4.78, 5) is 24.3. The Hall–Kier alpha value is -1.81. The highest BCUT2D eigenvalue weighted by atomic mass is 35.5. The monoisotopic (exact) mass is 265 g/mol. The number of benzene rings is 1. The molecule has 1 aliphatic heterocycles. The molecule has 2 rings (SSSR count). The van der Waals surface area contributed by atoms with Crippen molar-refractivity contribution in [3.8, 4) is 0 Å². The average Bonchev–Trinajstić information content (AvgIpc) is 2.71. The summed E-state index contributed by atoms with van der Waals surface area (Å²) in [5.41, 5.74) is 0.565. The first-order valence-electron chi connectivity index (χ1n) is 5.48. The maximum absolute atomic E-state index is 11.8. The molecule has 1 fully saturated rings. The fourth-order valence-electron chi connectivity index (χ4n) is 1.98. The van der Waals surface area contributed by atoms with Crippen molar-refractivity contribution in [2.24, 2.45) is 5.92 Å². The van der Waals surface area contributed by atoms with E-state index in [2.05, 4.69) is 6.58 Å². The fourth-order valence-corrected chi connectivity index (χ4v) is 2.20. The van der Waals surface area contributed by atoms with Crippen LogP contribution in [0.1, 0.15) is 16.8 Å². The third kappa shape index (κ3) is 2.24. The second-order valence-corrected chi connectivity index (χ2v) is 4.58. The predicted octanol–water partition coefficient (Wildman–Crippen LogP) is 2.58. The van der Waals surface area contributed by atoms with Gasteiger partial charge in [0.05, 0.1) is 16.3 Å². The fraction of sp³-hybridized carbons (Fsp3) is 0.231. The Labute approximate surface area is 109 Å². The van der Waals surface area contributed by atoms with E-state index in [0.717, 1.165) is 0 Å². The van der Waals surface area contributed by atoms with E-state index in [9.17, 15) is 9.59 Å². The molecule has 0 aromatic heterocycles. The molecule has 1 heterocycles. The van der Waals surface area contributed by atoms with E-state index in [1.165, 1.54) is 23.1 Å². The highest BCUT2D eigenvalue weighted by Crippen LogP contribution is 2.32. The van der Waals surface area contributed by atoms with Gasteiger partial charge in [0.1, 0.15) is 0 Å². The van der Waals surface area contributed by atoms with Crippen molar-refractivity contribution in [3.05, 3.63) is 41.4 Å². The molecular formula is C13H12ClNO3. The molecule has 1 unspecified atom stereocenters. The van der Waals surface area contributed by atoms with Gasteiger partial charge in [-0.05, 0) is 18.2 Å². The number of nitrogens with zero attached hydrogens (tertiary/aromatic N) is 1. The van der Waals surface area contributed by atoms with E-state index < -0.39 is 5.97 Å². The van der Waals surface area contributed by atoms with Crippen molar-refractivity contribution in [1.82, 2.24) is 0 Å². The molecule has 1 aromatic rings. The molecule has 1 N–H and O–H groups in total. The molecule has 0 radical (unpaired) electrons. The third-order valence-electron chi connectivity index (χ3n) is 2.97. The van der Waals surface area contributed by atoms with E-state index >= 15 is 0 Å². The Bertz CT molecular complexity index is 527. The van der Waals surface area contributed by atoms with Crippen LogP contribution >= 0.6 is 11.6 Å². The largest absolute Gasteiger partial charge is 0.478 e. The predicted molar refractivity (Wildman–Crippen MR) is 69.1 cm³/mol. The second-order valence-electron chi connectivity index (χ2n) is 4.18. The zero-order valence-electron chi connectivity index (χ0n) is 9.60. The SMILES string of the molecule is C=CC1CC(=O)N(c2cc(C(=O)O)ccc2Cl)C1. The quantitative estimate of drug-likeness (QED) is 0.855. The number of amides is 1. The van der Waals surface area contributed by atoms with E-state index in [0.29, 0.717) is 23.7 Å². The van der Waals surface area contributed by atoms with Crippen LogP contribution in [-0.2, 0) is 4.79 Å². The normalized spacial score (nSPS) is 19.1. The number of carbonyl (C=O) groups excluding carboxylic acids is 1. The summed E-state index contributed by atoms with van der Waals surface area (Å²) in [6.07, 6.45) is 2.12. The Morgan fingerprint density at radius 3 is 2.83 bits per heavy atom. The number of anilines is 1. The molecule has 1 amide bonds. The zero-order chi connectivity index (χ0) is 13.3. The molecular weight excluding hydrogens is 254 g/mol. The Morgan fingerprint density at radius 1 is 1.56 bits per heavy atom. The van der Waals surface area contributed by atoms with Gasteiger partial charge >= 0.3 is 5.97 Å². The van der Waals surface area contributed by atoms with Crippen LogP contribution in [0.5, 0.6) is 0 Å². The minimum absolute atomic E-state index is 0.0654. The maximum Gasteiger partial charge on any atom is 0.335 e. The van der Waals surface area contributed by atoms with Gasteiger partial charge in [-0.1, -0.05) is 17.7 Å². The molecule has 1 atom stereocenters. The zero-order valence-corrected chi connectivity index (χ0v) is 10.4. The smallest absolute Gasteiger partial charge is 0.335 e. The molecule has 94 valence electrons. The minimum atomic E-state index is -1.04. The van der Waals surface area contributed by atoms with Gasteiger partial charge in [-0.3, -0.25) is 4.79 Å². The molecule has 1 saturated heterocycles. The summed E-state index contributed by atoms with van der Waals surface area (Å²) in [6.45, 7) is 4.16. The number of hydrogen-bond acceptors (Lipinski definition) is 2. The Kier molecular flexibility index (Phi) is 3.39. The van der Waals surface area contributed by atoms with Crippen molar-refractivity contribution in [1.29, 1.82) is 0 Å². The van der Waals surface area contributed by atoms with Gasteiger partial charge in [0, 0.05) is 18.9 Å². The lowest BCUT2D eigenvalue weighted by Crippen LogP contribution is -2.25. The lowest BCUT2D eigenvalue weighted by molar-refractivity contribution is -0.117. The average molecular weight is 266 g/mol. The van der Waals surface area contributed by atoms with Gasteiger partial charge < -0.3 is 10.0 Å². The van der Waals surface area contributed by atoms with Gasteiger partial charge in [-0.15, -0.1) is 6.58 Å². The Morgan fingerprint density at radius 2 is 2.28 bits per heavy atom. The van der Waals surface area contributed by atoms with Gasteiger partial charge in [0.2, 0.25) is 5.91 Å². The molecule has 0 spiro atoms. The lowest BCUT2D eigenvalue weighted by Gasteiger charge is -2.18. The summed E-state index contributed by atoms with van der Waals surface area (Å²) < 4.78 is 0. The van der Waals surface area contributed by atoms with Crippen LogP contribution in [0, 0.1) is 5.92 Å². The van der Waals surface area contributed by atoms with Crippen LogP contribution in [0.25, 0.3) is 0 Å². The van der Waals surface area contributed by atoms with Crippen molar-refractivity contribution >= 4 is 29.2 Å². The maximum atomic E-state index is 11.8. The van der Waals surface area contributed by atoms with Crippen LogP contribution in [-0.4, -0.2) is 23.5 Å². The standard InChI is InChI=1S/C13H12ClNO3/c1-2-8-5-12(16)15(7-8)11-6-9(13(17)18)3-4-10(11)14/h2-4,6,8H,1,5,7H2,(H,17,18). The summed E-state index contributed by atoms with van der Waals surface area (Å²) in [5, 5.41) is 9.32. The van der Waals surface area contributed by atoms with Crippen LogP contribution < -0.4 is 4.90 Å². The summed E-state index contributed by atoms with van der Waals surface area (Å²) in [6, 6.07) is 4.34. The number of rotatable bonds is 3. The van der Waals surface area contributed by atoms with E-state index in [4.69, 9.17) is 16.7 Å². The van der Waals surface area contributed by atoms with Gasteiger partial charge in [-0.2, -0.15) is 0 Å². The van der Waals surface area contributed by atoms with Crippen LogP contribution in [0.15, 0.2) is 30.9 Å². The molecule has 1 aliphatic rings. The molecule has 0 aliphatic carbocycles. The molecule has 4 nitrogen and oxygen atoms in total. The first-order valence-corrected chi connectivity index (χ1v) is 5.86. The van der Waals surface area contributed by atoms with Gasteiger partial charge in [-0.25, -0.2) is 4.79 Å². The van der Waals surface area contributed by atoms with Crippen LogP contribution in [0.3, 0.4) is 0 Å². The summed E-state index contributed by atoms with van der Waals surface area (Å²) in [7, 11) is 0. The van der Waals surface area contributed by atoms with Crippen molar-refractivity contribution in [3.63, 3.8) is 0 Å². The second kappa shape index (κ2) is 4.82.